The minimum Gasteiger partial charge on any atom is -0.481 e. The van der Waals surface area contributed by atoms with E-state index >= 15 is 0 Å². The summed E-state index contributed by atoms with van der Waals surface area (Å²) in [6, 6.07) is 6.72. The fourth-order valence-electron chi connectivity index (χ4n) is 2.30. The van der Waals surface area contributed by atoms with Crippen molar-refractivity contribution in [1.29, 1.82) is 10.7 Å². The second-order valence-electron chi connectivity index (χ2n) is 7.68. The van der Waals surface area contributed by atoms with Crippen molar-refractivity contribution in [1.82, 2.24) is 10.4 Å². The number of nitriles is 1. The molecule has 0 amide bonds. The minimum absolute atomic E-state index is 0.0641. The van der Waals surface area contributed by atoms with Crippen LogP contribution in [0.1, 0.15) is 26.5 Å². The lowest BCUT2D eigenvalue weighted by Crippen LogP contribution is -2.33. The van der Waals surface area contributed by atoms with Gasteiger partial charge in [0.05, 0.1) is 5.41 Å². The molecule has 2 rings (SSSR count). The monoisotopic (exact) mass is 527 g/mol. The van der Waals surface area contributed by atoms with Gasteiger partial charge in [0, 0.05) is 10.9 Å². The number of carbonyl (C=O) groups is 2. The Hall–Kier alpha value is -4.19. The fraction of sp³-hybridized carbons (Fsp3) is 0.333. The number of alkyl halides is 3. The number of nitrogens with one attached hydrogen (secondary N) is 2. The van der Waals surface area contributed by atoms with E-state index in [1.54, 1.807) is 6.07 Å². The molecule has 192 valence electrons. The highest BCUT2D eigenvalue weighted by atomic mass is 32.1. The van der Waals surface area contributed by atoms with Gasteiger partial charge < -0.3 is 19.3 Å². The predicted octanol–water partition coefficient (Wildman–Crippen LogP) is 4.16. The number of halogens is 3. The Morgan fingerprint density at radius 3 is 2.67 bits per heavy atom. The van der Waals surface area contributed by atoms with Crippen LogP contribution in [0.15, 0.2) is 34.7 Å². The summed E-state index contributed by atoms with van der Waals surface area (Å²) >= 11 is 1.03. The van der Waals surface area contributed by atoms with E-state index in [2.05, 4.69) is 20.2 Å². The second kappa shape index (κ2) is 11.5. The van der Waals surface area contributed by atoms with E-state index in [4.69, 9.17) is 25.3 Å². The first kappa shape index (κ1) is 28.1. The van der Waals surface area contributed by atoms with E-state index in [-0.39, 0.29) is 16.4 Å². The van der Waals surface area contributed by atoms with Gasteiger partial charge in [-0.05, 0) is 32.9 Å². The quantitative estimate of drug-likeness (QED) is 0.178. The first-order chi connectivity index (χ1) is 16.7. The van der Waals surface area contributed by atoms with Crippen LogP contribution in [0.3, 0.4) is 0 Å². The lowest BCUT2D eigenvalue weighted by atomic mass is 9.95. The number of hydrogen-bond donors (Lipinski definition) is 3. The Balaban J connectivity index is 2.13. The molecule has 1 aromatic carbocycles. The number of aromatic nitrogens is 1. The van der Waals surface area contributed by atoms with Crippen LogP contribution in [0.4, 0.5) is 18.0 Å². The second-order valence-corrected chi connectivity index (χ2v) is 8.54. The summed E-state index contributed by atoms with van der Waals surface area (Å²) in [5.41, 5.74) is 0.626. The minimum atomic E-state index is -4.86. The summed E-state index contributed by atoms with van der Waals surface area (Å²) in [4.78, 5) is 27.1. The van der Waals surface area contributed by atoms with Crippen LogP contribution >= 0.6 is 11.3 Å². The third-order valence-electron chi connectivity index (χ3n) is 4.17. The number of carboxylic acids is 1. The van der Waals surface area contributed by atoms with E-state index in [1.165, 1.54) is 38.3 Å². The van der Waals surface area contributed by atoms with E-state index in [1.807, 2.05) is 0 Å². The molecule has 0 aliphatic carbocycles. The Kier molecular flexibility index (Phi) is 8.95. The van der Waals surface area contributed by atoms with Crippen molar-refractivity contribution in [3.63, 3.8) is 0 Å². The molecule has 15 heteroatoms. The summed E-state index contributed by atoms with van der Waals surface area (Å²) in [7, 11) is 0. The van der Waals surface area contributed by atoms with Crippen molar-refractivity contribution in [3.05, 3.63) is 35.3 Å². The number of hydrogen-bond acceptors (Lipinski definition) is 11. The van der Waals surface area contributed by atoms with Gasteiger partial charge in [-0.1, -0.05) is 12.1 Å². The third-order valence-corrected chi connectivity index (χ3v) is 5.06. The van der Waals surface area contributed by atoms with Crippen LogP contribution in [0.25, 0.3) is 10.6 Å². The number of benzene rings is 1. The zero-order valence-electron chi connectivity index (χ0n) is 19.0. The van der Waals surface area contributed by atoms with Gasteiger partial charge in [0.25, 0.3) is 0 Å². The SMILES string of the molecule is CC(N/N=C(\C(=N)C#N)c1csc(-c2cccc(OC(F)(F)F)c2)n1)OC(=O)OCC(C)(C)C(=O)O. The molecule has 1 aromatic heterocycles. The van der Waals surface area contributed by atoms with Gasteiger partial charge in [0.1, 0.15) is 34.8 Å². The number of hydrazone groups is 1. The van der Waals surface area contributed by atoms with Gasteiger partial charge in [-0.3, -0.25) is 15.6 Å². The average molecular weight is 527 g/mol. The van der Waals surface area contributed by atoms with E-state index in [9.17, 15) is 22.8 Å². The first-order valence-electron chi connectivity index (χ1n) is 9.93. The molecule has 0 spiro atoms. The molecule has 0 bridgehead atoms. The highest BCUT2D eigenvalue weighted by molar-refractivity contribution is 7.13. The maximum absolute atomic E-state index is 12.5. The molecule has 0 saturated heterocycles. The van der Waals surface area contributed by atoms with E-state index < -0.39 is 48.2 Å². The highest BCUT2D eigenvalue weighted by Crippen LogP contribution is 2.30. The topological polar surface area (TPSA) is 167 Å². The number of aliphatic carboxylic acids is 1. The molecule has 0 radical (unpaired) electrons. The summed E-state index contributed by atoms with van der Waals surface area (Å²) in [6.45, 7) is 3.63. The van der Waals surface area contributed by atoms with Crippen LogP contribution in [-0.4, -0.2) is 52.8 Å². The largest absolute Gasteiger partial charge is 0.573 e. The number of carboxylic acid groups (broad SMARTS) is 1. The Bertz CT molecular complexity index is 1210. The predicted molar refractivity (Wildman–Crippen MR) is 121 cm³/mol. The number of nitrogens with zero attached hydrogens (tertiary/aromatic N) is 3. The van der Waals surface area contributed by atoms with Gasteiger partial charge in [0.15, 0.2) is 11.9 Å². The van der Waals surface area contributed by atoms with Crippen LogP contribution in [0.2, 0.25) is 0 Å². The Labute approximate surface area is 206 Å². The first-order valence-corrected chi connectivity index (χ1v) is 10.8. The van der Waals surface area contributed by atoms with E-state index in [0.29, 0.717) is 5.56 Å². The van der Waals surface area contributed by atoms with Gasteiger partial charge in [-0.15, -0.1) is 24.5 Å². The molecule has 36 heavy (non-hydrogen) atoms. The van der Waals surface area contributed by atoms with Gasteiger partial charge in [-0.25, -0.2) is 9.78 Å². The highest BCUT2D eigenvalue weighted by Gasteiger charge is 2.31. The number of carbonyl (C=O) groups excluding carboxylic acids is 1. The zero-order chi connectivity index (χ0) is 27.1. The van der Waals surface area contributed by atoms with Crippen molar-refractivity contribution in [3.8, 4) is 22.4 Å². The molecule has 2 aromatic rings. The third kappa shape index (κ3) is 8.24. The Morgan fingerprint density at radius 2 is 2.06 bits per heavy atom. The van der Waals surface area contributed by atoms with Gasteiger partial charge in [0.2, 0.25) is 0 Å². The normalized spacial score (nSPS) is 12.8. The maximum Gasteiger partial charge on any atom is 0.573 e. The number of thiazole rings is 1. The zero-order valence-corrected chi connectivity index (χ0v) is 19.9. The molecule has 0 aliphatic heterocycles. The molecular weight excluding hydrogens is 507 g/mol. The van der Waals surface area contributed by atoms with Crippen molar-refractivity contribution >= 4 is 34.9 Å². The van der Waals surface area contributed by atoms with E-state index in [0.717, 1.165) is 23.5 Å². The van der Waals surface area contributed by atoms with Crippen LogP contribution in [-0.2, 0) is 14.3 Å². The van der Waals surface area contributed by atoms with Crippen molar-refractivity contribution in [2.24, 2.45) is 10.5 Å². The average Bonchev–Trinajstić information content (AvgIpc) is 3.26. The van der Waals surface area contributed by atoms with Crippen molar-refractivity contribution in [2.45, 2.75) is 33.4 Å². The lowest BCUT2D eigenvalue weighted by Gasteiger charge is -2.19. The van der Waals surface area contributed by atoms with Crippen LogP contribution < -0.4 is 10.2 Å². The molecule has 0 aliphatic rings. The van der Waals surface area contributed by atoms with Crippen molar-refractivity contribution in [2.75, 3.05) is 6.61 Å². The molecule has 0 saturated carbocycles. The van der Waals surface area contributed by atoms with Gasteiger partial charge in [-0.2, -0.15) is 10.4 Å². The maximum atomic E-state index is 12.5. The van der Waals surface area contributed by atoms with Crippen LogP contribution in [0, 0.1) is 22.2 Å². The molecule has 1 unspecified atom stereocenters. The summed E-state index contributed by atoms with van der Waals surface area (Å²) < 4.78 is 51.1. The molecule has 1 atom stereocenters. The molecular formula is C21H20F3N5O6S. The standard InChI is InChI=1S/C21H20F3N5O6S/c1-11(34-19(32)33-10-20(2,3)18(30)31)28-29-16(14(26)8-25)15-9-36-17(27-15)12-5-4-6-13(7-12)35-21(22,23)24/h4-7,9,11,26,28H,10H2,1-3H3,(H,30,31)/b26-14?,29-16+. The van der Waals surface area contributed by atoms with Crippen LogP contribution in [0.5, 0.6) is 5.75 Å². The Morgan fingerprint density at radius 1 is 1.36 bits per heavy atom. The molecule has 3 N–H and O–H groups in total. The fourth-order valence-corrected chi connectivity index (χ4v) is 3.10. The number of ether oxygens (including phenoxy) is 3. The molecule has 1 heterocycles. The summed E-state index contributed by atoms with van der Waals surface area (Å²) in [5, 5.41) is 31.6. The lowest BCUT2D eigenvalue weighted by molar-refractivity contribution is -0.274. The van der Waals surface area contributed by atoms with Gasteiger partial charge >= 0.3 is 18.5 Å². The number of rotatable bonds is 10. The molecule has 0 fully saturated rings. The summed E-state index contributed by atoms with van der Waals surface area (Å²) in [5.74, 6) is -1.62. The summed E-state index contributed by atoms with van der Waals surface area (Å²) in [6.07, 6.45) is -7.15. The smallest absolute Gasteiger partial charge is 0.481 e. The molecule has 11 nitrogen and oxygen atoms in total. The van der Waals surface area contributed by atoms with Crippen molar-refractivity contribution < 1.29 is 42.1 Å².